The van der Waals surface area contributed by atoms with Crippen LogP contribution in [0.2, 0.25) is 10.0 Å². The van der Waals surface area contributed by atoms with E-state index in [1.54, 1.807) is 66.7 Å². The Morgan fingerprint density at radius 1 is 0.878 bits per heavy atom. The lowest BCUT2D eigenvalue weighted by Gasteiger charge is -2.47. The van der Waals surface area contributed by atoms with Crippen LogP contribution in [-0.4, -0.2) is 157 Å². The number of hydrogen-bond donors (Lipinski definition) is 5. The summed E-state index contributed by atoms with van der Waals surface area (Å²) < 4.78 is 58.9. The molecule has 0 radical (unpaired) electrons. The van der Waals surface area contributed by atoms with E-state index in [0.29, 0.717) is 28.7 Å². The van der Waals surface area contributed by atoms with E-state index in [1.165, 1.54) is 34.3 Å². The summed E-state index contributed by atoms with van der Waals surface area (Å²) in [6, 6.07) is 0. The lowest BCUT2D eigenvalue weighted by Crippen LogP contribution is -2.64. The number of carbonyl (C=O) groups excluding carboxylic acids is 3. The average Bonchev–Trinajstić information content (AvgIpc) is 3.34. The topological polar surface area (TPSA) is 245 Å². The van der Waals surface area contributed by atoms with E-state index in [4.69, 9.17) is 70.6 Å². The summed E-state index contributed by atoms with van der Waals surface area (Å²) in [7, 11) is 4.01. The molecule has 2 saturated heterocycles. The number of carbonyl (C=O) groups is 3. The van der Waals surface area contributed by atoms with Crippen LogP contribution in [0.25, 0.3) is 0 Å². The number of cyclic esters (lactones) is 1. The van der Waals surface area contributed by atoms with Crippen molar-refractivity contribution in [2.75, 3.05) is 27.9 Å². The maximum absolute atomic E-state index is 14.0. The number of aliphatic hydroxyl groups is 5. The van der Waals surface area contributed by atoms with Crippen molar-refractivity contribution in [2.45, 2.75) is 187 Å². The van der Waals surface area contributed by atoms with E-state index < -0.39 is 116 Å². The van der Waals surface area contributed by atoms with Gasteiger partial charge in [-0.1, -0.05) is 86.9 Å². The molecule has 0 saturated carbocycles. The Bertz CT molecular complexity index is 2220. The Morgan fingerprint density at radius 3 is 2.12 bits per heavy atom. The van der Waals surface area contributed by atoms with Gasteiger partial charge in [-0.3, -0.25) is 4.79 Å². The SMILES string of the molecule is CCc1c(Cl)c(OC)c(Cl)c(OC)c1C(=O)O[C@@H]1[C@H](O)[C@H](OC)[C@H](OC/C2=C\C=C\C[C@H](O)/C(C)=C/[C@H](CC)[C@@H](O[C@@H]3OC(C)(C)[C@@H](OC(=O)C(C)C)[C@H](O)[C@@H]3O)/C(C)=C/C(C)=C/C[C@@H]([C@@H](C)O)OC2=O)O[C@@H]1C. The molecule has 0 unspecified atom stereocenters. The van der Waals surface area contributed by atoms with Gasteiger partial charge in [0.15, 0.2) is 36.3 Å². The van der Waals surface area contributed by atoms with Gasteiger partial charge in [0.05, 0.1) is 61.8 Å². The smallest absolute Gasteiger partial charge is 0.342 e. The highest BCUT2D eigenvalue weighted by atomic mass is 35.5. The molecule has 1 aromatic rings. The molecule has 18 nitrogen and oxygen atoms in total. The highest BCUT2D eigenvalue weighted by molar-refractivity contribution is 6.39. The third-order valence-corrected chi connectivity index (χ3v) is 14.1. The van der Waals surface area contributed by atoms with Gasteiger partial charge in [-0.05, 0) is 90.5 Å². The molecule has 20 heteroatoms. The van der Waals surface area contributed by atoms with Gasteiger partial charge in [0, 0.05) is 19.4 Å². The molecule has 0 aliphatic carbocycles. The van der Waals surface area contributed by atoms with Crippen molar-refractivity contribution in [3.63, 3.8) is 0 Å². The van der Waals surface area contributed by atoms with Crippen LogP contribution in [0.3, 0.4) is 0 Å². The molecule has 0 spiro atoms. The number of methoxy groups -OCH3 is 3. The molecule has 14 atom stereocenters. The third kappa shape index (κ3) is 15.2. The molecule has 4 rings (SSSR count). The zero-order valence-corrected chi connectivity index (χ0v) is 46.5. The summed E-state index contributed by atoms with van der Waals surface area (Å²) in [5.41, 5.74) is 1.02. The van der Waals surface area contributed by atoms with Crippen molar-refractivity contribution in [2.24, 2.45) is 11.8 Å². The molecule has 1 aromatic carbocycles. The summed E-state index contributed by atoms with van der Waals surface area (Å²) in [5, 5.41) is 56.6. The Hall–Kier alpha value is -3.89. The van der Waals surface area contributed by atoms with Crippen molar-refractivity contribution in [1.29, 1.82) is 0 Å². The Labute approximate surface area is 445 Å². The van der Waals surface area contributed by atoms with E-state index in [9.17, 15) is 39.9 Å². The zero-order chi connectivity index (χ0) is 55.5. The molecule has 3 heterocycles. The summed E-state index contributed by atoms with van der Waals surface area (Å²) in [6.07, 6.45) is -4.75. The lowest BCUT2D eigenvalue weighted by atomic mass is 9.88. The van der Waals surface area contributed by atoms with E-state index in [-0.39, 0.29) is 57.9 Å². The van der Waals surface area contributed by atoms with E-state index in [0.717, 1.165) is 0 Å². The monoisotopic (exact) mass is 1080 g/mol. The minimum Gasteiger partial charge on any atom is -0.494 e. The maximum Gasteiger partial charge on any atom is 0.342 e. The molecule has 416 valence electrons. The number of halogens is 2. The van der Waals surface area contributed by atoms with Crippen molar-refractivity contribution < 1.29 is 87.3 Å². The van der Waals surface area contributed by atoms with Gasteiger partial charge in [0.2, 0.25) is 0 Å². The molecule has 3 aliphatic rings. The normalized spacial score (nSPS) is 34.1. The van der Waals surface area contributed by atoms with Gasteiger partial charge in [-0.2, -0.15) is 0 Å². The predicted molar refractivity (Wildman–Crippen MR) is 275 cm³/mol. The largest absolute Gasteiger partial charge is 0.494 e. The quantitative estimate of drug-likeness (QED) is 0.0686. The molecule has 0 bridgehead atoms. The first-order chi connectivity index (χ1) is 34.8. The summed E-state index contributed by atoms with van der Waals surface area (Å²) in [5.74, 6) is -3.07. The van der Waals surface area contributed by atoms with Gasteiger partial charge in [0.25, 0.3) is 0 Å². The molecule has 2 fully saturated rings. The summed E-state index contributed by atoms with van der Waals surface area (Å²) in [6.45, 7) is 18.4. The fourth-order valence-electron chi connectivity index (χ4n) is 8.95. The van der Waals surface area contributed by atoms with Gasteiger partial charge < -0.3 is 72.9 Å². The highest BCUT2D eigenvalue weighted by Crippen LogP contribution is 2.46. The van der Waals surface area contributed by atoms with Crippen molar-refractivity contribution in [1.82, 2.24) is 0 Å². The van der Waals surface area contributed by atoms with Gasteiger partial charge in [-0.25, -0.2) is 9.59 Å². The van der Waals surface area contributed by atoms with E-state index in [2.05, 4.69) is 0 Å². The number of rotatable bonds is 15. The minimum atomic E-state index is -1.60. The van der Waals surface area contributed by atoms with Crippen LogP contribution in [0.1, 0.15) is 111 Å². The van der Waals surface area contributed by atoms with Crippen LogP contribution in [0.5, 0.6) is 11.5 Å². The average molecular weight is 1090 g/mol. The first-order valence-electron chi connectivity index (χ1n) is 24.9. The second-order valence-corrected chi connectivity index (χ2v) is 20.5. The minimum absolute atomic E-state index is 0.0105. The highest BCUT2D eigenvalue weighted by Gasteiger charge is 2.53. The Kier molecular flexibility index (Phi) is 23.7. The second-order valence-electron chi connectivity index (χ2n) is 19.7. The number of esters is 3. The fraction of sp³-hybridized carbons (Fsp3) is 0.648. The summed E-state index contributed by atoms with van der Waals surface area (Å²) >= 11 is 13.1. The van der Waals surface area contributed by atoms with Crippen LogP contribution in [-0.2, 0) is 53.9 Å². The van der Waals surface area contributed by atoms with Crippen molar-refractivity contribution in [3.8, 4) is 11.5 Å². The lowest BCUT2D eigenvalue weighted by molar-refractivity contribution is -0.333. The van der Waals surface area contributed by atoms with Crippen LogP contribution < -0.4 is 9.47 Å². The van der Waals surface area contributed by atoms with E-state index in [1.807, 2.05) is 32.9 Å². The maximum atomic E-state index is 14.0. The standard InChI is InChI=1S/C54H78Cl2O18/c1-15-32-24-28(6)35(58)20-18-17-19-33(25-68-53-47(67-14)42(61)44(31(9)69-53)71-51(64)37-34(16-2)38(55)46(66-13)39(56)45(37)65-12)50(63)70-36(30(8)57)22-21-27(5)23-29(7)43(32)72-52-41(60)40(59)48(54(10,11)74-52)73-49(62)26(3)4/h17-19,21,23-24,26,30-32,35-36,40-44,47-48,52-53,57-61H,15-16,20,22,25H2,1-14H3/b18-17+,27-21+,28-24+,29-23+,33-19+/t30-,31-,32+,35+,36+,40-,41+,42+,43+,44+,47+,48+,52-,53-/m1/s1. The number of hydrogen-bond acceptors (Lipinski definition) is 18. The van der Waals surface area contributed by atoms with Crippen molar-refractivity contribution in [3.05, 3.63) is 79.9 Å². The van der Waals surface area contributed by atoms with Gasteiger partial charge in [0.1, 0.15) is 46.7 Å². The fourth-order valence-corrected chi connectivity index (χ4v) is 9.74. The Morgan fingerprint density at radius 2 is 1.54 bits per heavy atom. The van der Waals surface area contributed by atoms with Gasteiger partial charge in [-0.15, -0.1) is 0 Å². The number of benzene rings is 1. The Balaban J connectivity index is 1.61. The van der Waals surface area contributed by atoms with E-state index >= 15 is 0 Å². The third-order valence-electron chi connectivity index (χ3n) is 13.4. The first kappa shape index (κ1) is 62.6. The molecule has 74 heavy (non-hydrogen) atoms. The molecule has 0 amide bonds. The summed E-state index contributed by atoms with van der Waals surface area (Å²) in [4.78, 5) is 40.4. The van der Waals surface area contributed by atoms with Crippen LogP contribution in [0.4, 0.5) is 0 Å². The number of aliphatic hydroxyl groups excluding tert-OH is 5. The molecule has 3 aliphatic heterocycles. The first-order valence-corrected chi connectivity index (χ1v) is 25.7. The molecular weight excluding hydrogens is 1010 g/mol. The zero-order valence-electron chi connectivity index (χ0n) is 45.0. The molecule has 5 N–H and O–H groups in total. The van der Waals surface area contributed by atoms with Gasteiger partial charge >= 0.3 is 17.9 Å². The predicted octanol–water partition coefficient (Wildman–Crippen LogP) is 6.84. The van der Waals surface area contributed by atoms with Crippen LogP contribution in [0.15, 0.2) is 58.7 Å². The van der Waals surface area contributed by atoms with Crippen LogP contribution in [0, 0.1) is 11.8 Å². The second kappa shape index (κ2) is 27.9. The molecule has 0 aromatic heterocycles. The molecular formula is C54H78Cl2O18. The number of ether oxygens (including phenoxy) is 10. The van der Waals surface area contributed by atoms with Crippen LogP contribution >= 0.6 is 23.2 Å². The van der Waals surface area contributed by atoms with Crippen molar-refractivity contribution >= 4 is 41.1 Å². The number of allylic oxidation sites excluding steroid dienone is 4.